The third-order valence-electron chi connectivity index (χ3n) is 1.85. The van der Waals surface area contributed by atoms with Crippen LogP contribution in [0.15, 0.2) is 28.3 Å². The first-order valence-electron chi connectivity index (χ1n) is 4.41. The lowest BCUT2D eigenvalue weighted by Crippen LogP contribution is -1.86. The fraction of sp³-hybridized carbons (Fsp3) is 0.200. The van der Waals surface area contributed by atoms with Crippen molar-refractivity contribution >= 4 is 38.9 Å². The molecule has 2 aromatic heterocycles. The summed E-state index contributed by atoms with van der Waals surface area (Å²) in [6.45, 7) is 0. The van der Waals surface area contributed by atoms with E-state index >= 15 is 0 Å². The zero-order chi connectivity index (χ0) is 10.7. The molecule has 0 amide bonds. The lowest BCUT2D eigenvalue weighted by Gasteiger charge is -1.95. The first-order valence-corrected chi connectivity index (χ1v) is 6.61. The summed E-state index contributed by atoms with van der Waals surface area (Å²) in [6.07, 6.45) is 4.39. The largest absolute Gasteiger partial charge is 0.263 e. The summed E-state index contributed by atoms with van der Waals surface area (Å²) in [5.41, 5.74) is 2.08. The predicted molar refractivity (Wildman–Crippen MR) is 67.5 cm³/mol. The van der Waals surface area contributed by atoms with Crippen molar-refractivity contribution in [3.8, 4) is 10.6 Å². The van der Waals surface area contributed by atoms with E-state index in [9.17, 15) is 0 Å². The van der Waals surface area contributed by atoms with Gasteiger partial charge in [-0.05, 0) is 22.0 Å². The summed E-state index contributed by atoms with van der Waals surface area (Å²) >= 11 is 10.7. The van der Waals surface area contributed by atoms with E-state index in [0.29, 0.717) is 5.88 Å². The minimum absolute atomic E-state index is 0.611. The normalized spacial score (nSPS) is 10.5. The fourth-order valence-electron chi connectivity index (χ4n) is 1.18. The van der Waals surface area contributed by atoms with Gasteiger partial charge in [0, 0.05) is 40.1 Å². The number of hydrogen-bond donors (Lipinski definition) is 0. The topological polar surface area (TPSA) is 25.8 Å². The predicted octanol–water partition coefficient (Wildman–Crippen LogP) is 3.75. The molecule has 0 aliphatic rings. The van der Waals surface area contributed by atoms with Gasteiger partial charge in [0.25, 0.3) is 0 Å². The number of hydrogen-bond acceptors (Lipinski definition) is 3. The van der Waals surface area contributed by atoms with Gasteiger partial charge in [0.05, 0.1) is 5.69 Å². The van der Waals surface area contributed by atoms with Gasteiger partial charge >= 0.3 is 0 Å². The van der Waals surface area contributed by atoms with Gasteiger partial charge in [0.2, 0.25) is 0 Å². The highest BCUT2D eigenvalue weighted by Crippen LogP contribution is 2.25. The van der Waals surface area contributed by atoms with E-state index < -0.39 is 0 Å². The quantitative estimate of drug-likeness (QED) is 0.807. The van der Waals surface area contributed by atoms with Crippen LogP contribution in [0.5, 0.6) is 0 Å². The maximum Gasteiger partial charge on any atom is 0.125 e. The molecule has 0 unspecified atom stereocenters. The van der Waals surface area contributed by atoms with Crippen molar-refractivity contribution in [3.05, 3.63) is 34.0 Å². The summed E-state index contributed by atoms with van der Waals surface area (Å²) in [4.78, 5) is 8.59. The van der Waals surface area contributed by atoms with E-state index in [2.05, 4.69) is 25.9 Å². The third kappa shape index (κ3) is 2.77. The van der Waals surface area contributed by atoms with Crippen molar-refractivity contribution in [3.63, 3.8) is 0 Å². The van der Waals surface area contributed by atoms with E-state index in [0.717, 1.165) is 27.2 Å². The lowest BCUT2D eigenvalue weighted by atomic mass is 10.3. The third-order valence-corrected chi connectivity index (χ3v) is 3.42. The Morgan fingerprint density at radius 2 is 2.27 bits per heavy atom. The molecule has 0 spiro atoms. The summed E-state index contributed by atoms with van der Waals surface area (Å²) in [7, 11) is 0. The Kier molecular flexibility index (Phi) is 3.72. The molecule has 2 nitrogen and oxygen atoms in total. The first kappa shape index (κ1) is 11.0. The Hall–Kier alpha value is -0.450. The summed E-state index contributed by atoms with van der Waals surface area (Å²) < 4.78 is 0.967. The smallest absolute Gasteiger partial charge is 0.125 e. The van der Waals surface area contributed by atoms with E-state index in [1.54, 1.807) is 17.5 Å². The summed E-state index contributed by atoms with van der Waals surface area (Å²) in [6, 6.07) is 2.01. The Balaban J connectivity index is 2.29. The van der Waals surface area contributed by atoms with E-state index in [4.69, 9.17) is 11.6 Å². The van der Waals surface area contributed by atoms with Crippen LogP contribution in [-0.4, -0.2) is 15.8 Å². The van der Waals surface area contributed by atoms with Crippen LogP contribution in [0.3, 0.4) is 0 Å². The average molecular weight is 304 g/mol. The Labute approximate surface area is 105 Å². The second-order valence-corrected chi connectivity index (χ2v) is 5.13. The molecule has 78 valence electrons. The molecule has 0 aromatic carbocycles. The molecule has 0 bridgehead atoms. The second-order valence-electron chi connectivity index (χ2n) is 2.97. The minimum Gasteiger partial charge on any atom is -0.263 e. The molecule has 0 aliphatic heterocycles. The highest BCUT2D eigenvalue weighted by molar-refractivity contribution is 9.10. The monoisotopic (exact) mass is 302 g/mol. The van der Waals surface area contributed by atoms with Crippen LogP contribution < -0.4 is 0 Å². The molecular formula is C10H8BrClN2S. The molecule has 5 heteroatoms. The highest BCUT2D eigenvalue weighted by Gasteiger charge is 2.04. The molecule has 2 rings (SSSR count). The number of pyridine rings is 1. The van der Waals surface area contributed by atoms with Crippen molar-refractivity contribution in [1.29, 1.82) is 0 Å². The van der Waals surface area contributed by atoms with Crippen LogP contribution in [0.1, 0.15) is 5.69 Å². The van der Waals surface area contributed by atoms with Gasteiger partial charge in [0.15, 0.2) is 0 Å². The molecule has 0 saturated heterocycles. The van der Waals surface area contributed by atoms with Crippen molar-refractivity contribution in [2.75, 3.05) is 5.88 Å². The van der Waals surface area contributed by atoms with Gasteiger partial charge in [-0.1, -0.05) is 0 Å². The summed E-state index contributed by atoms with van der Waals surface area (Å²) in [5, 5.41) is 3.03. The van der Waals surface area contributed by atoms with Crippen molar-refractivity contribution < 1.29 is 0 Å². The number of nitrogens with zero attached hydrogens (tertiary/aromatic N) is 2. The molecular weight excluding hydrogens is 296 g/mol. The van der Waals surface area contributed by atoms with E-state index in [1.165, 1.54) is 0 Å². The number of aromatic nitrogens is 2. The lowest BCUT2D eigenvalue weighted by molar-refractivity contribution is 1.07. The van der Waals surface area contributed by atoms with Gasteiger partial charge in [-0.3, -0.25) is 4.98 Å². The highest BCUT2D eigenvalue weighted by atomic mass is 79.9. The van der Waals surface area contributed by atoms with Crippen LogP contribution in [0.25, 0.3) is 10.6 Å². The number of alkyl halides is 1. The molecule has 0 N–H and O–H groups in total. The standard InChI is InChI=1S/C10H8BrClN2S/c11-8-3-7(4-13-5-8)10-14-9(1-2-12)6-15-10/h3-6H,1-2H2. The SMILES string of the molecule is ClCCc1csc(-c2cncc(Br)c2)n1. The average Bonchev–Trinajstić information content (AvgIpc) is 2.67. The Morgan fingerprint density at radius 3 is 3.00 bits per heavy atom. The van der Waals surface area contributed by atoms with Gasteiger partial charge in [0.1, 0.15) is 5.01 Å². The van der Waals surface area contributed by atoms with E-state index in [-0.39, 0.29) is 0 Å². The van der Waals surface area contributed by atoms with Crippen LogP contribution >= 0.6 is 38.9 Å². The molecule has 0 saturated carbocycles. The van der Waals surface area contributed by atoms with Crippen molar-refractivity contribution in [2.24, 2.45) is 0 Å². The van der Waals surface area contributed by atoms with Crippen molar-refractivity contribution in [1.82, 2.24) is 9.97 Å². The summed E-state index contributed by atoms with van der Waals surface area (Å²) in [5.74, 6) is 0.611. The van der Waals surface area contributed by atoms with Gasteiger partial charge in [-0.15, -0.1) is 22.9 Å². The number of aryl methyl sites for hydroxylation is 1. The molecule has 2 aromatic rings. The molecule has 0 atom stereocenters. The van der Waals surface area contributed by atoms with Crippen LogP contribution in [0, 0.1) is 0 Å². The first-order chi connectivity index (χ1) is 7.29. The van der Waals surface area contributed by atoms with Crippen LogP contribution in [0.4, 0.5) is 0 Å². The van der Waals surface area contributed by atoms with Gasteiger partial charge in [-0.25, -0.2) is 4.98 Å². The van der Waals surface area contributed by atoms with Crippen molar-refractivity contribution in [2.45, 2.75) is 6.42 Å². The maximum absolute atomic E-state index is 5.66. The van der Waals surface area contributed by atoms with Crippen LogP contribution in [0.2, 0.25) is 0 Å². The molecule has 2 heterocycles. The number of thiazole rings is 1. The van der Waals surface area contributed by atoms with Gasteiger partial charge in [-0.2, -0.15) is 0 Å². The number of halogens is 2. The zero-order valence-electron chi connectivity index (χ0n) is 7.78. The van der Waals surface area contributed by atoms with E-state index in [1.807, 2.05) is 17.6 Å². The molecule has 15 heavy (non-hydrogen) atoms. The molecule has 0 fully saturated rings. The second kappa shape index (κ2) is 5.05. The van der Waals surface area contributed by atoms with Gasteiger partial charge < -0.3 is 0 Å². The van der Waals surface area contributed by atoms with Crippen LogP contribution in [-0.2, 0) is 6.42 Å². The fourth-order valence-corrected chi connectivity index (χ4v) is 2.57. The Bertz CT molecular complexity index is 458. The Morgan fingerprint density at radius 1 is 1.40 bits per heavy atom. The zero-order valence-corrected chi connectivity index (χ0v) is 10.9. The number of rotatable bonds is 3. The maximum atomic E-state index is 5.66. The molecule has 0 radical (unpaired) electrons. The molecule has 0 aliphatic carbocycles. The minimum atomic E-state index is 0.611.